The van der Waals surface area contributed by atoms with Gasteiger partial charge in [0.1, 0.15) is 6.04 Å². The Bertz CT molecular complexity index is 899. The molecule has 26 heavy (non-hydrogen) atoms. The molecule has 1 aliphatic heterocycles. The number of amides is 1. The van der Waals surface area contributed by atoms with E-state index in [9.17, 15) is 4.79 Å². The van der Waals surface area contributed by atoms with Gasteiger partial charge >= 0.3 is 0 Å². The summed E-state index contributed by atoms with van der Waals surface area (Å²) < 4.78 is 0. The van der Waals surface area contributed by atoms with Crippen molar-refractivity contribution in [3.63, 3.8) is 0 Å². The Morgan fingerprint density at radius 3 is 2.65 bits per heavy atom. The minimum Gasteiger partial charge on any atom is -0.348 e. The molecule has 1 aromatic carbocycles. The van der Waals surface area contributed by atoms with E-state index in [1.807, 2.05) is 35.2 Å². The van der Waals surface area contributed by atoms with Gasteiger partial charge in [0.15, 0.2) is 0 Å². The number of H-pyrrole nitrogens is 1. The number of imidazole rings is 1. The van der Waals surface area contributed by atoms with E-state index in [1.165, 1.54) is 0 Å². The van der Waals surface area contributed by atoms with Gasteiger partial charge in [-0.1, -0.05) is 44.2 Å². The van der Waals surface area contributed by atoms with Gasteiger partial charge in [0.05, 0.1) is 17.6 Å². The van der Waals surface area contributed by atoms with Crippen LogP contribution in [0.15, 0.2) is 55.0 Å². The fourth-order valence-electron chi connectivity index (χ4n) is 3.51. The zero-order valence-corrected chi connectivity index (χ0v) is 15.0. The van der Waals surface area contributed by atoms with Crippen molar-refractivity contribution in [2.75, 3.05) is 6.54 Å². The molecule has 2 aromatic heterocycles. The Hall–Kier alpha value is -2.95. The Morgan fingerprint density at radius 1 is 1.15 bits per heavy atom. The summed E-state index contributed by atoms with van der Waals surface area (Å²) in [6.45, 7) is 4.84. The molecule has 0 aliphatic carbocycles. The van der Waals surface area contributed by atoms with Crippen LogP contribution in [0.3, 0.4) is 0 Å². The van der Waals surface area contributed by atoms with Crippen molar-refractivity contribution < 1.29 is 4.79 Å². The van der Waals surface area contributed by atoms with Crippen LogP contribution in [0.25, 0.3) is 0 Å². The summed E-state index contributed by atoms with van der Waals surface area (Å²) in [6, 6.07) is 13.7. The third-order valence-electron chi connectivity index (χ3n) is 4.93. The highest BCUT2D eigenvalue weighted by molar-refractivity contribution is 5.94. The lowest BCUT2D eigenvalue weighted by molar-refractivity contribution is 0.0690. The summed E-state index contributed by atoms with van der Waals surface area (Å²) in [5, 5.41) is 0. The zero-order valence-electron chi connectivity index (χ0n) is 15.0. The SMILES string of the molecule is CC(C)c1ccc(C(=O)N2CCc3[nH]cnc3C2c2ccccc2)cn1. The molecule has 4 rings (SSSR count). The predicted molar refractivity (Wildman–Crippen MR) is 99.9 cm³/mol. The van der Waals surface area contributed by atoms with Gasteiger partial charge in [-0.15, -0.1) is 0 Å². The summed E-state index contributed by atoms with van der Waals surface area (Å²) >= 11 is 0. The maximum absolute atomic E-state index is 13.2. The molecule has 5 nitrogen and oxygen atoms in total. The van der Waals surface area contributed by atoms with E-state index in [1.54, 1.807) is 12.5 Å². The number of aromatic amines is 1. The molecular formula is C21H22N4O. The van der Waals surface area contributed by atoms with E-state index in [4.69, 9.17) is 0 Å². The topological polar surface area (TPSA) is 61.9 Å². The van der Waals surface area contributed by atoms with E-state index in [0.29, 0.717) is 18.0 Å². The number of nitrogens with one attached hydrogen (secondary N) is 1. The molecule has 0 bridgehead atoms. The molecule has 3 heterocycles. The van der Waals surface area contributed by atoms with Crippen molar-refractivity contribution in [3.05, 3.63) is 83.2 Å². The third kappa shape index (κ3) is 2.90. The van der Waals surface area contributed by atoms with Crippen LogP contribution >= 0.6 is 0 Å². The van der Waals surface area contributed by atoms with Crippen LogP contribution in [0.5, 0.6) is 0 Å². The normalized spacial score (nSPS) is 16.6. The first kappa shape index (κ1) is 16.5. The van der Waals surface area contributed by atoms with Crippen molar-refractivity contribution >= 4 is 5.91 Å². The molecule has 132 valence electrons. The third-order valence-corrected chi connectivity index (χ3v) is 4.93. The van der Waals surface area contributed by atoms with Crippen LogP contribution in [-0.2, 0) is 6.42 Å². The van der Waals surface area contributed by atoms with Gasteiger partial charge in [-0.3, -0.25) is 9.78 Å². The number of rotatable bonds is 3. The number of benzene rings is 1. The summed E-state index contributed by atoms with van der Waals surface area (Å²) in [7, 11) is 0. The minimum absolute atomic E-state index is 0.00434. The number of carbonyl (C=O) groups is 1. The second kappa shape index (κ2) is 6.75. The van der Waals surface area contributed by atoms with Crippen LogP contribution in [0.4, 0.5) is 0 Å². The van der Waals surface area contributed by atoms with Crippen molar-refractivity contribution in [2.24, 2.45) is 0 Å². The number of aromatic nitrogens is 3. The van der Waals surface area contributed by atoms with Gasteiger partial charge in [0, 0.05) is 30.6 Å². The molecule has 0 fully saturated rings. The second-order valence-electron chi connectivity index (χ2n) is 6.95. The second-order valence-corrected chi connectivity index (χ2v) is 6.95. The Morgan fingerprint density at radius 2 is 1.96 bits per heavy atom. The number of nitrogens with zero attached hydrogens (tertiary/aromatic N) is 3. The quantitative estimate of drug-likeness (QED) is 0.786. The first-order valence-electron chi connectivity index (χ1n) is 8.99. The highest BCUT2D eigenvalue weighted by Crippen LogP contribution is 2.34. The maximum Gasteiger partial charge on any atom is 0.256 e. The van der Waals surface area contributed by atoms with Crippen molar-refractivity contribution in [3.8, 4) is 0 Å². The van der Waals surface area contributed by atoms with Gasteiger partial charge in [-0.25, -0.2) is 4.98 Å². The van der Waals surface area contributed by atoms with E-state index >= 15 is 0 Å². The molecule has 1 atom stereocenters. The fourth-order valence-corrected chi connectivity index (χ4v) is 3.51. The van der Waals surface area contributed by atoms with E-state index in [0.717, 1.165) is 29.1 Å². The van der Waals surface area contributed by atoms with E-state index in [2.05, 4.69) is 40.9 Å². The Balaban J connectivity index is 1.71. The largest absolute Gasteiger partial charge is 0.348 e. The fraction of sp³-hybridized carbons (Fsp3) is 0.286. The van der Waals surface area contributed by atoms with Gasteiger partial charge in [-0.05, 0) is 23.6 Å². The van der Waals surface area contributed by atoms with Crippen LogP contribution in [0.2, 0.25) is 0 Å². The average Bonchev–Trinajstić information content (AvgIpc) is 3.16. The molecule has 3 aromatic rings. The summed E-state index contributed by atoms with van der Waals surface area (Å²) in [6.07, 6.45) is 4.19. The molecule has 0 spiro atoms. The van der Waals surface area contributed by atoms with Crippen LogP contribution in [-0.4, -0.2) is 32.3 Å². The molecule has 5 heteroatoms. The predicted octanol–water partition coefficient (Wildman–Crippen LogP) is 3.72. The lowest BCUT2D eigenvalue weighted by Crippen LogP contribution is -2.40. The molecule has 0 saturated carbocycles. The van der Waals surface area contributed by atoms with Gasteiger partial charge in [0.2, 0.25) is 0 Å². The average molecular weight is 346 g/mol. The van der Waals surface area contributed by atoms with Gasteiger partial charge in [-0.2, -0.15) is 0 Å². The molecule has 1 aliphatic rings. The number of hydrogen-bond donors (Lipinski definition) is 1. The lowest BCUT2D eigenvalue weighted by atomic mass is 9.95. The van der Waals surface area contributed by atoms with Crippen molar-refractivity contribution in [1.82, 2.24) is 19.9 Å². The maximum atomic E-state index is 13.2. The van der Waals surface area contributed by atoms with Crippen LogP contribution in [0, 0.1) is 0 Å². The zero-order chi connectivity index (χ0) is 18.1. The molecular weight excluding hydrogens is 324 g/mol. The van der Waals surface area contributed by atoms with Crippen LogP contribution < -0.4 is 0 Å². The van der Waals surface area contributed by atoms with Crippen LogP contribution in [0.1, 0.15) is 58.8 Å². The highest BCUT2D eigenvalue weighted by atomic mass is 16.2. The summed E-state index contributed by atoms with van der Waals surface area (Å²) in [5.74, 6) is 0.341. The summed E-state index contributed by atoms with van der Waals surface area (Å²) in [4.78, 5) is 27.3. The smallest absolute Gasteiger partial charge is 0.256 e. The molecule has 0 radical (unpaired) electrons. The minimum atomic E-state index is -0.177. The molecule has 1 unspecified atom stereocenters. The first-order chi connectivity index (χ1) is 12.6. The van der Waals surface area contributed by atoms with Crippen molar-refractivity contribution in [2.45, 2.75) is 32.2 Å². The van der Waals surface area contributed by atoms with E-state index in [-0.39, 0.29) is 11.9 Å². The molecule has 1 N–H and O–H groups in total. The lowest BCUT2D eigenvalue weighted by Gasteiger charge is -2.35. The van der Waals surface area contributed by atoms with E-state index < -0.39 is 0 Å². The number of hydrogen-bond acceptors (Lipinski definition) is 3. The monoisotopic (exact) mass is 346 g/mol. The Kier molecular flexibility index (Phi) is 4.29. The number of carbonyl (C=O) groups excluding carboxylic acids is 1. The van der Waals surface area contributed by atoms with Gasteiger partial charge < -0.3 is 9.88 Å². The van der Waals surface area contributed by atoms with Crippen molar-refractivity contribution in [1.29, 1.82) is 0 Å². The number of pyridine rings is 1. The molecule has 1 amide bonds. The highest BCUT2D eigenvalue weighted by Gasteiger charge is 2.34. The Labute approximate surface area is 153 Å². The standard InChI is InChI=1S/C21H22N4O/c1-14(2)17-9-8-16(12-22-17)21(26)25-11-10-18-19(24-13-23-18)20(25)15-6-4-3-5-7-15/h3-9,12-14,20H,10-11H2,1-2H3,(H,23,24). The van der Waals surface area contributed by atoms with Gasteiger partial charge in [0.25, 0.3) is 5.91 Å². The first-order valence-corrected chi connectivity index (χ1v) is 8.99. The number of fused-ring (bicyclic) bond motifs is 1. The summed E-state index contributed by atoms with van der Waals surface area (Å²) in [5.41, 5.74) is 4.73. The molecule has 0 saturated heterocycles.